The predicted molar refractivity (Wildman–Crippen MR) is 103 cm³/mol. The first kappa shape index (κ1) is 18.0. The summed E-state index contributed by atoms with van der Waals surface area (Å²) in [7, 11) is 1.70. The fourth-order valence-electron chi connectivity index (χ4n) is 4.10. The minimum Gasteiger partial charge on any atom is -0.496 e. The number of methoxy groups -OCH3 is 1. The minimum atomic E-state index is -0.361. The van der Waals surface area contributed by atoms with Gasteiger partial charge in [0.05, 0.1) is 13.7 Å². The molecule has 7 heteroatoms. The Morgan fingerprint density at radius 2 is 2.07 bits per heavy atom. The number of carbonyl (C=O) groups excluding carboxylic acids is 1. The van der Waals surface area contributed by atoms with Crippen molar-refractivity contribution >= 4 is 5.91 Å². The first-order valence-corrected chi connectivity index (χ1v) is 9.57. The summed E-state index contributed by atoms with van der Waals surface area (Å²) < 4.78 is 7.42. The third-order valence-corrected chi connectivity index (χ3v) is 5.66. The molecule has 1 amide bonds. The quantitative estimate of drug-likeness (QED) is 0.823. The molecule has 0 unspecified atom stereocenters. The number of hydrogen-bond acceptors (Lipinski definition) is 5. The third kappa shape index (κ3) is 3.84. The molecule has 7 nitrogen and oxygen atoms in total. The Bertz CT molecular complexity index is 782. The molecule has 0 radical (unpaired) electrons. The Morgan fingerprint density at radius 1 is 1.22 bits per heavy atom. The van der Waals surface area contributed by atoms with Crippen LogP contribution in [0.5, 0.6) is 5.75 Å². The Kier molecular flexibility index (Phi) is 5.13. The molecule has 0 saturated carbocycles. The maximum absolute atomic E-state index is 12.3. The molecule has 2 fully saturated rings. The average Bonchev–Trinajstić information content (AvgIpc) is 3.19. The summed E-state index contributed by atoms with van der Waals surface area (Å²) >= 11 is 0. The SMILES string of the molecule is COc1ccc(CN2CCC3(CC2)NCCNC3=O)cc1Cn1cccn1. The van der Waals surface area contributed by atoms with Gasteiger partial charge in [0.15, 0.2) is 0 Å². The van der Waals surface area contributed by atoms with Gasteiger partial charge < -0.3 is 15.4 Å². The summed E-state index contributed by atoms with van der Waals surface area (Å²) in [5, 5.41) is 10.8. The lowest BCUT2D eigenvalue weighted by molar-refractivity contribution is -0.131. The zero-order valence-corrected chi connectivity index (χ0v) is 15.8. The van der Waals surface area contributed by atoms with Crippen LogP contribution in [0.2, 0.25) is 0 Å². The fraction of sp³-hybridized carbons (Fsp3) is 0.500. The number of hydrogen-bond donors (Lipinski definition) is 2. The molecule has 2 aliphatic rings. The number of benzene rings is 1. The maximum atomic E-state index is 12.3. The largest absolute Gasteiger partial charge is 0.496 e. The van der Waals surface area contributed by atoms with Crippen LogP contribution in [-0.2, 0) is 17.9 Å². The smallest absolute Gasteiger partial charge is 0.240 e. The summed E-state index contributed by atoms with van der Waals surface area (Å²) in [6, 6.07) is 8.29. The highest BCUT2D eigenvalue weighted by Crippen LogP contribution is 2.26. The number of aromatic nitrogens is 2. The van der Waals surface area contributed by atoms with Crippen molar-refractivity contribution in [2.75, 3.05) is 33.3 Å². The molecular formula is C20H27N5O2. The van der Waals surface area contributed by atoms with Gasteiger partial charge >= 0.3 is 0 Å². The van der Waals surface area contributed by atoms with Gasteiger partial charge in [-0.3, -0.25) is 14.4 Å². The lowest BCUT2D eigenvalue weighted by Crippen LogP contribution is -2.66. The van der Waals surface area contributed by atoms with E-state index in [0.29, 0.717) is 6.54 Å². The summed E-state index contributed by atoms with van der Waals surface area (Å²) in [4.78, 5) is 14.7. The number of likely N-dealkylation sites (tertiary alicyclic amines) is 1. The van der Waals surface area contributed by atoms with Crippen molar-refractivity contribution in [3.05, 3.63) is 47.8 Å². The van der Waals surface area contributed by atoms with Crippen molar-refractivity contribution in [3.63, 3.8) is 0 Å². The Hall–Kier alpha value is -2.38. The van der Waals surface area contributed by atoms with Crippen LogP contribution in [0.15, 0.2) is 36.7 Å². The number of rotatable bonds is 5. The van der Waals surface area contributed by atoms with Gasteiger partial charge in [0.1, 0.15) is 11.3 Å². The first-order valence-electron chi connectivity index (χ1n) is 9.57. The second-order valence-electron chi connectivity index (χ2n) is 7.39. The van der Waals surface area contributed by atoms with Crippen LogP contribution in [0.1, 0.15) is 24.0 Å². The van der Waals surface area contributed by atoms with Crippen LogP contribution in [-0.4, -0.2) is 59.4 Å². The van der Waals surface area contributed by atoms with E-state index in [9.17, 15) is 4.79 Å². The van der Waals surface area contributed by atoms with Crippen molar-refractivity contribution in [1.29, 1.82) is 0 Å². The van der Waals surface area contributed by atoms with Gasteiger partial charge in [0.25, 0.3) is 0 Å². The Morgan fingerprint density at radius 3 is 2.78 bits per heavy atom. The molecule has 0 bridgehead atoms. The molecule has 1 aromatic heterocycles. The van der Waals surface area contributed by atoms with E-state index < -0.39 is 0 Å². The third-order valence-electron chi connectivity index (χ3n) is 5.66. The number of nitrogens with zero attached hydrogens (tertiary/aromatic N) is 3. The highest BCUT2D eigenvalue weighted by molar-refractivity contribution is 5.87. The number of nitrogens with one attached hydrogen (secondary N) is 2. The van der Waals surface area contributed by atoms with Crippen LogP contribution in [0, 0.1) is 0 Å². The fourth-order valence-corrected chi connectivity index (χ4v) is 4.10. The molecule has 1 aromatic carbocycles. The molecule has 4 rings (SSSR count). The molecule has 27 heavy (non-hydrogen) atoms. The van der Waals surface area contributed by atoms with E-state index in [-0.39, 0.29) is 11.4 Å². The number of amides is 1. The van der Waals surface area contributed by atoms with Crippen LogP contribution in [0.3, 0.4) is 0 Å². The predicted octanol–water partition coefficient (Wildman–Crippen LogP) is 0.994. The standard InChI is InChI=1S/C20H27N5O2/c1-27-18-4-3-16(13-17(18)15-25-10-2-7-23-25)14-24-11-5-20(6-12-24)19(26)21-8-9-22-20/h2-4,7,10,13,22H,5-6,8-9,11-12,14-15H2,1H3,(H,21,26). The number of carbonyl (C=O) groups is 1. The van der Waals surface area contributed by atoms with E-state index in [1.54, 1.807) is 13.3 Å². The second kappa shape index (κ2) is 7.70. The molecule has 144 valence electrons. The first-order chi connectivity index (χ1) is 13.2. The summed E-state index contributed by atoms with van der Waals surface area (Å²) in [5.41, 5.74) is 2.02. The van der Waals surface area contributed by atoms with Crippen molar-refractivity contribution in [3.8, 4) is 5.75 Å². The molecular weight excluding hydrogens is 342 g/mol. The van der Waals surface area contributed by atoms with Crippen LogP contribution < -0.4 is 15.4 Å². The van der Waals surface area contributed by atoms with Crippen LogP contribution in [0.4, 0.5) is 0 Å². The van der Waals surface area contributed by atoms with Gasteiger partial charge in [-0.05, 0) is 36.6 Å². The average molecular weight is 369 g/mol. The van der Waals surface area contributed by atoms with E-state index in [4.69, 9.17) is 4.74 Å². The minimum absolute atomic E-state index is 0.166. The van der Waals surface area contributed by atoms with E-state index in [1.807, 2.05) is 23.0 Å². The molecule has 2 aromatic rings. The summed E-state index contributed by atoms with van der Waals surface area (Å²) in [6.45, 7) is 5.00. The van der Waals surface area contributed by atoms with Gasteiger partial charge in [-0.1, -0.05) is 6.07 Å². The topological polar surface area (TPSA) is 71.4 Å². The molecule has 0 atom stereocenters. The zero-order chi connectivity index (χ0) is 18.7. The second-order valence-corrected chi connectivity index (χ2v) is 7.39. The van der Waals surface area contributed by atoms with E-state index >= 15 is 0 Å². The van der Waals surface area contributed by atoms with Gasteiger partial charge in [-0.2, -0.15) is 5.10 Å². The molecule has 1 spiro atoms. The van der Waals surface area contributed by atoms with Gasteiger partial charge in [0.2, 0.25) is 5.91 Å². The van der Waals surface area contributed by atoms with Crippen molar-refractivity contribution < 1.29 is 9.53 Å². The van der Waals surface area contributed by atoms with E-state index in [1.165, 1.54) is 5.56 Å². The highest BCUT2D eigenvalue weighted by Gasteiger charge is 2.42. The maximum Gasteiger partial charge on any atom is 0.240 e. The van der Waals surface area contributed by atoms with Gasteiger partial charge in [-0.25, -0.2) is 0 Å². The number of piperazine rings is 1. The number of ether oxygens (including phenoxy) is 1. The van der Waals surface area contributed by atoms with Crippen LogP contribution >= 0.6 is 0 Å². The summed E-state index contributed by atoms with van der Waals surface area (Å²) in [6.07, 6.45) is 5.46. The Labute approximate surface area is 159 Å². The molecule has 3 heterocycles. The molecule has 2 N–H and O–H groups in total. The van der Waals surface area contributed by atoms with Gasteiger partial charge in [0, 0.05) is 50.7 Å². The van der Waals surface area contributed by atoms with Crippen LogP contribution in [0.25, 0.3) is 0 Å². The van der Waals surface area contributed by atoms with Crippen molar-refractivity contribution in [2.45, 2.75) is 31.5 Å². The van der Waals surface area contributed by atoms with Gasteiger partial charge in [-0.15, -0.1) is 0 Å². The monoisotopic (exact) mass is 369 g/mol. The number of piperidine rings is 1. The molecule has 2 aliphatic heterocycles. The van der Waals surface area contributed by atoms with Crippen molar-refractivity contribution in [1.82, 2.24) is 25.3 Å². The van der Waals surface area contributed by atoms with E-state index in [0.717, 1.165) is 56.9 Å². The summed E-state index contributed by atoms with van der Waals surface area (Å²) in [5.74, 6) is 1.05. The lowest BCUT2D eigenvalue weighted by atomic mass is 9.85. The zero-order valence-electron chi connectivity index (χ0n) is 15.8. The lowest BCUT2D eigenvalue weighted by Gasteiger charge is -2.43. The Balaban J connectivity index is 1.42. The normalized spacial score (nSPS) is 19.8. The molecule has 0 aliphatic carbocycles. The van der Waals surface area contributed by atoms with Crippen molar-refractivity contribution in [2.24, 2.45) is 0 Å². The highest BCUT2D eigenvalue weighted by atomic mass is 16.5. The molecule has 2 saturated heterocycles. The van der Waals surface area contributed by atoms with E-state index in [2.05, 4.69) is 32.8 Å².